The zero-order chi connectivity index (χ0) is 14.1. The van der Waals surface area contributed by atoms with Crippen molar-refractivity contribution in [2.45, 2.75) is 25.8 Å². The van der Waals surface area contributed by atoms with Gasteiger partial charge in [0, 0.05) is 17.5 Å². The van der Waals surface area contributed by atoms with Crippen LogP contribution in [0.5, 0.6) is 5.75 Å². The molecule has 1 N–H and O–H groups in total. The van der Waals surface area contributed by atoms with Crippen LogP contribution in [-0.4, -0.2) is 13.7 Å². The van der Waals surface area contributed by atoms with Gasteiger partial charge in [0.05, 0.1) is 6.61 Å². The maximum atomic E-state index is 5.85. The first-order chi connectivity index (χ1) is 9.72. The Labute approximate surface area is 120 Å². The molecule has 1 aliphatic rings. The number of fused-ring (bicyclic) bond motifs is 1. The second-order valence-electron chi connectivity index (χ2n) is 5.51. The fourth-order valence-corrected chi connectivity index (χ4v) is 3.15. The van der Waals surface area contributed by atoms with Gasteiger partial charge < -0.3 is 10.1 Å². The number of benzene rings is 2. The summed E-state index contributed by atoms with van der Waals surface area (Å²) in [6.07, 6.45) is 0. The third-order valence-corrected chi connectivity index (χ3v) is 4.43. The highest BCUT2D eigenvalue weighted by Crippen LogP contribution is 2.41. The van der Waals surface area contributed by atoms with Crippen LogP contribution in [0.3, 0.4) is 0 Å². The highest BCUT2D eigenvalue weighted by Gasteiger charge is 2.32. The molecule has 0 radical (unpaired) electrons. The molecule has 0 aromatic heterocycles. The molecular formula is C18H21NO. The SMILES string of the molecule is CNC(c1cccc(C)c1C)C1COc2ccccc21. The van der Waals surface area contributed by atoms with E-state index in [9.17, 15) is 0 Å². The molecule has 2 unspecified atom stereocenters. The lowest BCUT2D eigenvalue weighted by Gasteiger charge is -2.25. The van der Waals surface area contributed by atoms with Gasteiger partial charge in [0.2, 0.25) is 0 Å². The van der Waals surface area contributed by atoms with E-state index in [4.69, 9.17) is 4.74 Å². The van der Waals surface area contributed by atoms with E-state index in [0.29, 0.717) is 12.0 Å². The van der Waals surface area contributed by atoms with E-state index >= 15 is 0 Å². The smallest absolute Gasteiger partial charge is 0.122 e. The molecule has 2 heteroatoms. The summed E-state index contributed by atoms with van der Waals surface area (Å²) < 4.78 is 5.85. The van der Waals surface area contributed by atoms with Gasteiger partial charge in [0.15, 0.2) is 0 Å². The summed E-state index contributed by atoms with van der Waals surface area (Å²) in [5.74, 6) is 1.40. The van der Waals surface area contributed by atoms with Gasteiger partial charge in [-0.05, 0) is 43.7 Å². The zero-order valence-electron chi connectivity index (χ0n) is 12.3. The summed E-state index contributed by atoms with van der Waals surface area (Å²) in [6, 6.07) is 15.2. The summed E-state index contributed by atoms with van der Waals surface area (Å²) in [6.45, 7) is 5.12. The predicted molar refractivity (Wildman–Crippen MR) is 82.4 cm³/mol. The largest absolute Gasteiger partial charge is 0.493 e. The molecule has 1 heterocycles. The number of hydrogen-bond donors (Lipinski definition) is 1. The molecular weight excluding hydrogens is 246 g/mol. The Morgan fingerprint density at radius 3 is 2.70 bits per heavy atom. The Hall–Kier alpha value is -1.80. The second-order valence-corrected chi connectivity index (χ2v) is 5.51. The van der Waals surface area contributed by atoms with Crippen LogP contribution in [0, 0.1) is 13.8 Å². The van der Waals surface area contributed by atoms with Crippen molar-refractivity contribution in [3.8, 4) is 5.75 Å². The molecule has 20 heavy (non-hydrogen) atoms. The van der Waals surface area contributed by atoms with Crippen molar-refractivity contribution in [3.63, 3.8) is 0 Å². The molecule has 0 aliphatic carbocycles. The Morgan fingerprint density at radius 2 is 1.90 bits per heavy atom. The Kier molecular flexibility index (Phi) is 3.49. The van der Waals surface area contributed by atoms with Gasteiger partial charge in [-0.3, -0.25) is 0 Å². The molecule has 0 amide bonds. The van der Waals surface area contributed by atoms with E-state index in [1.165, 1.54) is 22.3 Å². The number of hydrogen-bond acceptors (Lipinski definition) is 2. The van der Waals surface area contributed by atoms with Gasteiger partial charge in [-0.25, -0.2) is 0 Å². The lowest BCUT2D eigenvalue weighted by Crippen LogP contribution is -2.25. The third kappa shape index (κ3) is 2.10. The van der Waals surface area contributed by atoms with Crippen molar-refractivity contribution >= 4 is 0 Å². The van der Waals surface area contributed by atoms with Crippen LogP contribution in [0.1, 0.15) is 34.2 Å². The predicted octanol–water partition coefficient (Wildman–Crippen LogP) is 3.74. The van der Waals surface area contributed by atoms with Gasteiger partial charge in [-0.1, -0.05) is 36.4 Å². The minimum absolute atomic E-state index is 0.290. The molecule has 2 aromatic carbocycles. The van der Waals surface area contributed by atoms with Crippen molar-refractivity contribution in [2.75, 3.05) is 13.7 Å². The molecule has 3 rings (SSSR count). The number of likely N-dealkylation sites (N-methyl/N-ethyl adjacent to an activating group) is 1. The van der Waals surface area contributed by atoms with E-state index in [0.717, 1.165) is 12.4 Å². The van der Waals surface area contributed by atoms with E-state index in [2.05, 4.69) is 55.6 Å². The summed E-state index contributed by atoms with van der Waals surface area (Å²) in [5.41, 5.74) is 5.40. The van der Waals surface area contributed by atoms with Gasteiger partial charge in [0.1, 0.15) is 5.75 Å². The first-order valence-electron chi connectivity index (χ1n) is 7.17. The standard InChI is InChI=1S/C18H21NO/c1-12-7-6-9-14(13(12)2)18(19-3)16-11-20-17-10-5-4-8-15(16)17/h4-10,16,18-19H,11H2,1-3H3. The molecule has 1 aliphatic heterocycles. The Balaban J connectivity index is 2.02. The molecule has 2 atom stereocenters. The summed E-state index contributed by atoms with van der Waals surface area (Å²) in [7, 11) is 2.04. The highest BCUT2D eigenvalue weighted by molar-refractivity contribution is 5.44. The van der Waals surface area contributed by atoms with Crippen LogP contribution in [0.15, 0.2) is 42.5 Å². The highest BCUT2D eigenvalue weighted by atomic mass is 16.5. The van der Waals surface area contributed by atoms with E-state index < -0.39 is 0 Å². The Morgan fingerprint density at radius 1 is 1.10 bits per heavy atom. The maximum Gasteiger partial charge on any atom is 0.122 e. The number of ether oxygens (including phenoxy) is 1. The van der Waals surface area contributed by atoms with Gasteiger partial charge >= 0.3 is 0 Å². The Bertz CT molecular complexity index is 621. The molecule has 0 fully saturated rings. The summed E-state index contributed by atoms with van der Waals surface area (Å²) >= 11 is 0. The molecule has 0 saturated carbocycles. The summed E-state index contributed by atoms with van der Waals surface area (Å²) in [4.78, 5) is 0. The quantitative estimate of drug-likeness (QED) is 0.914. The van der Waals surface area contributed by atoms with Crippen LogP contribution >= 0.6 is 0 Å². The molecule has 104 valence electrons. The van der Waals surface area contributed by atoms with Crippen LogP contribution in [0.25, 0.3) is 0 Å². The minimum Gasteiger partial charge on any atom is -0.493 e. The molecule has 2 nitrogen and oxygen atoms in total. The lowest BCUT2D eigenvalue weighted by atomic mass is 9.85. The van der Waals surface area contributed by atoms with Crippen LogP contribution in [-0.2, 0) is 0 Å². The fraction of sp³-hybridized carbons (Fsp3) is 0.333. The van der Waals surface area contributed by atoms with Crippen molar-refractivity contribution in [2.24, 2.45) is 0 Å². The van der Waals surface area contributed by atoms with E-state index in [1.54, 1.807) is 0 Å². The monoisotopic (exact) mass is 267 g/mol. The van der Waals surface area contributed by atoms with Gasteiger partial charge in [-0.15, -0.1) is 0 Å². The zero-order valence-corrected chi connectivity index (χ0v) is 12.3. The van der Waals surface area contributed by atoms with Crippen LogP contribution in [0.4, 0.5) is 0 Å². The lowest BCUT2D eigenvalue weighted by molar-refractivity contribution is 0.304. The number of nitrogens with one attached hydrogen (secondary N) is 1. The molecule has 0 spiro atoms. The second kappa shape index (κ2) is 5.29. The van der Waals surface area contributed by atoms with Gasteiger partial charge in [0.25, 0.3) is 0 Å². The topological polar surface area (TPSA) is 21.3 Å². The third-order valence-electron chi connectivity index (χ3n) is 4.43. The molecule has 0 bridgehead atoms. The fourth-order valence-electron chi connectivity index (χ4n) is 3.15. The van der Waals surface area contributed by atoms with Crippen LogP contribution < -0.4 is 10.1 Å². The minimum atomic E-state index is 0.290. The van der Waals surface area contributed by atoms with Crippen molar-refractivity contribution < 1.29 is 4.74 Å². The number of para-hydroxylation sites is 1. The maximum absolute atomic E-state index is 5.85. The van der Waals surface area contributed by atoms with E-state index in [1.807, 2.05) is 13.1 Å². The van der Waals surface area contributed by atoms with Crippen molar-refractivity contribution in [1.29, 1.82) is 0 Å². The average molecular weight is 267 g/mol. The van der Waals surface area contributed by atoms with E-state index in [-0.39, 0.29) is 0 Å². The summed E-state index contributed by atoms with van der Waals surface area (Å²) in [5, 5.41) is 3.49. The number of rotatable bonds is 3. The first-order valence-corrected chi connectivity index (χ1v) is 7.17. The van der Waals surface area contributed by atoms with Crippen LogP contribution in [0.2, 0.25) is 0 Å². The van der Waals surface area contributed by atoms with Crippen molar-refractivity contribution in [1.82, 2.24) is 5.32 Å². The first kappa shape index (κ1) is 13.2. The molecule has 0 saturated heterocycles. The van der Waals surface area contributed by atoms with Gasteiger partial charge in [-0.2, -0.15) is 0 Å². The average Bonchev–Trinajstić information content (AvgIpc) is 2.88. The number of aryl methyl sites for hydroxylation is 1. The van der Waals surface area contributed by atoms with Crippen molar-refractivity contribution in [3.05, 3.63) is 64.7 Å². The normalized spacial score (nSPS) is 18.4. The molecule has 2 aromatic rings.